The Morgan fingerprint density at radius 3 is 2.87 bits per heavy atom. The van der Waals surface area contributed by atoms with E-state index in [-0.39, 0.29) is 30.5 Å². The number of hydrogen-bond donors (Lipinski definition) is 3. The Morgan fingerprint density at radius 1 is 1.52 bits per heavy atom. The minimum absolute atomic E-state index is 0.150. The van der Waals surface area contributed by atoms with Gasteiger partial charge in [-0.25, -0.2) is 4.79 Å². The van der Waals surface area contributed by atoms with Gasteiger partial charge < -0.3 is 20.9 Å². The lowest BCUT2D eigenvalue weighted by molar-refractivity contribution is -0.133. The molecule has 0 spiro atoms. The van der Waals surface area contributed by atoms with Crippen molar-refractivity contribution in [1.29, 1.82) is 0 Å². The van der Waals surface area contributed by atoms with Crippen LogP contribution in [0, 0.1) is 0 Å². The molecule has 2 aliphatic rings. The summed E-state index contributed by atoms with van der Waals surface area (Å²) < 4.78 is 5.56. The summed E-state index contributed by atoms with van der Waals surface area (Å²) in [6, 6.07) is -0.666. The number of aliphatic carboxylic acids is 1. The number of likely N-dealkylation sites (tertiary alicyclic amines) is 1. The van der Waals surface area contributed by atoms with Crippen LogP contribution >= 0.6 is 0 Å². The van der Waals surface area contributed by atoms with Crippen molar-refractivity contribution in [2.75, 3.05) is 19.8 Å². The van der Waals surface area contributed by atoms with Gasteiger partial charge in [-0.05, 0) is 32.7 Å². The van der Waals surface area contributed by atoms with E-state index in [0.717, 1.165) is 19.4 Å². The molecular formula is C16H27N3O4. The number of rotatable bonds is 6. The Hall–Kier alpha value is -1.44. The Kier molecular flexibility index (Phi) is 6.15. The predicted molar refractivity (Wildman–Crippen MR) is 85.9 cm³/mol. The molecule has 0 bridgehead atoms. The van der Waals surface area contributed by atoms with Crippen molar-refractivity contribution in [3.05, 3.63) is 11.6 Å². The maximum Gasteiger partial charge on any atom is 0.331 e. The first-order chi connectivity index (χ1) is 10.9. The van der Waals surface area contributed by atoms with Crippen LogP contribution in [0.4, 0.5) is 0 Å². The highest BCUT2D eigenvalue weighted by Crippen LogP contribution is 2.28. The number of nitrogens with one attached hydrogen (secondary N) is 1. The molecule has 0 saturated carbocycles. The average Bonchev–Trinajstić information content (AvgIpc) is 2.94. The SMILES string of the molecule is CCOC[C@@H]1CCCN1[C@@H]1C=C(C(=O)O)C[C@H](N)[C@H]1NC(C)=O. The molecule has 0 aromatic rings. The number of carbonyl (C=O) groups excluding carboxylic acids is 1. The minimum atomic E-state index is -0.938. The van der Waals surface area contributed by atoms with Crippen LogP contribution < -0.4 is 11.1 Å². The van der Waals surface area contributed by atoms with E-state index < -0.39 is 12.0 Å². The van der Waals surface area contributed by atoms with Gasteiger partial charge in [0.15, 0.2) is 0 Å². The Labute approximate surface area is 136 Å². The van der Waals surface area contributed by atoms with E-state index in [4.69, 9.17) is 10.5 Å². The Bertz CT molecular complexity index is 480. The van der Waals surface area contributed by atoms with Gasteiger partial charge in [0.1, 0.15) is 0 Å². The lowest BCUT2D eigenvalue weighted by Gasteiger charge is -2.42. The van der Waals surface area contributed by atoms with Crippen molar-refractivity contribution in [2.45, 2.75) is 57.3 Å². The fourth-order valence-corrected chi connectivity index (χ4v) is 3.58. The van der Waals surface area contributed by atoms with Gasteiger partial charge in [-0.1, -0.05) is 6.08 Å². The molecule has 0 radical (unpaired) electrons. The Morgan fingerprint density at radius 2 is 2.26 bits per heavy atom. The summed E-state index contributed by atoms with van der Waals surface area (Å²) in [5.41, 5.74) is 6.51. The smallest absolute Gasteiger partial charge is 0.331 e. The molecule has 1 aliphatic heterocycles. The van der Waals surface area contributed by atoms with Crippen LogP contribution in [0.1, 0.15) is 33.1 Å². The number of carboxylic acids is 1. The van der Waals surface area contributed by atoms with E-state index in [2.05, 4.69) is 10.2 Å². The molecule has 1 saturated heterocycles. The molecular weight excluding hydrogens is 298 g/mol. The molecule has 4 N–H and O–H groups in total. The molecule has 0 aromatic carbocycles. The van der Waals surface area contributed by atoms with Crippen molar-refractivity contribution in [3.8, 4) is 0 Å². The maximum absolute atomic E-state index is 11.5. The zero-order valence-corrected chi connectivity index (χ0v) is 13.8. The highest BCUT2D eigenvalue weighted by Gasteiger charge is 2.40. The molecule has 7 heteroatoms. The van der Waals surface area contributed by atoms with Gasteiger partial charge in [-0.3, -0.25) is 9.69 Å². The third-order valence-corrected chi connectivity index (χ3v) is 4.62. The second-order valence-electron chi connectivity index (χ2n) is 6.28. The van der Waals surface area contributed by atoms with Gasteiger partial charge >= 0.3 is 5.97 Å². The van der Waals surface area contributed by atoms with Crippen LogP contribution in [0.15, 0.2) is 11.6 Å². The van der Waals surface area contributed by atoms with Crippen LogP contribution in [-0.2, 0) is 14.3 Å². The van der Waals surface area contributed by atoms with Gasteiger partial charge in [-0.2, -0.15) is 0 Å². The lowest BCUT2D eigenvalue weighted by Crippen LogP contribution is -2.61. The number of carbonyl (C=O) groups is 2. The van der Waals surface area contributed by atoms with Gasteiger partial charge in [-0.15, -0.1) is 0 Å². The number of ether oxygens (including phenoxy) is 1. The molecule has 1 aliphatic carbocycles. The molecule has 7 nitrogen and oxygen atoms in total. The first-order valence-electron chi connectivity index (χ1n) is 8.24. The van der Waals surface area contributed by atoms with Crippen molar-refractivity contribution >= 4 is 11.9 Å². The predicted octanol–water partition coefficient (Wildman–Crippen LogP) is 0.103. The first kappa shape index (κ1) is 17.9. The number of amides is 1. The molecule has 23 heavy (non-hydrogen) atoms. The zero-order valence-electron chi connectivity index (χ0n) is 13.8. The highest BCUT2D eigenvalue weighted by molar-refractivity contribution is 5.87. The zero-order chi connectivity index (χ0) is 17.0. The molecule has 0 unspecified atom stereocenters. The fraction of sp³-hybridized carbons (Fsp3) is 0.750. The largest absolute Gasteiger partial charge is 0.478 e. The molecule has 1 heterocycles. The van der Waals surface area contributed by atoms with E-state index in [1.165, 1.54) is 6.92 Å². The summed E-state index contributed by atoms with van der Waals surface area (Å²) in [5, 5.41) is 12.2. The molecule has 0 aromatic heterocycles. The quantitative estimate of drug-likeness (QED) is 0.640. The third kappa shape index (κ3) is 4.31. The van der Waals surface area contributed by atoms with Crippen LogP contribution in [-0.4, -0.2) is 65.8 Å². The van der Waals surface area contributed by atoms with E-state index in [0.29, 0.717) is 18.8 Å². The van der Waals surface area contributed by atoms with Gasteiger partial charge in [0, 0.05) is 31.2 Å². The molecule has 130 valence electrons. The van der Waals surface area contributed by atoms with Gasteiger partial charge in [0.2, 0.25) is 5.91 Å². The standard InChI is InChI=1S/C16H27N3O4/c1-3-23-9-12-5-4-6-19(12)14-8-11(16(21)22)7-13(17)15(14)18-10(2)20/h8,12-15H,3-7,9,17H2,1-2H3,(H,18,20)(H,21,22)/t12-,13-,14+,15+/m0/s1. The van der Waals surface area contributed by atoms with Gasteiger partial charge in [0.05, 0.1) is 18.7 Å². The second kappa shape index (κ2) is 7.90. The summed E-state index contributed by atoms with van der Waals surface area (Å²) in [6.07, 6.45) is 4.07. The van der Waals surface area contributed by atoms with Crippen molar-refractivity contribution in [1.82, 2.24) is 10.2 Å². The van der Waals surface area contributed by atoms with E-state index in [9.17, 15) is 14.7 Å². The maximum atomic E-state index is 11.5. The number of nitrogens with two attached hydrogens (primary N) is 1. The molecule has 2 rings (SSSR count). The Balaban J connectivity index is 2.25. The summed E-state index contributed by atoms with van der Waals surface area (Å²) >= 11 is 0. The molecule has 4 atom stereocenters. The van der Waals surface area contributed by atoms with Crippen molar-refractivity contribution in [3.63, 3.8) is 0 Å². The highest BCUT2D eigenvalue weighted by atomic mass is 16.5. The molecule has 1 fully saturated rings. The third-order valence-electron chi connectivity index (χ3n) is 4.62. The lowest BCUT2D eigenvalue weighted by atomic mass is 9.85. The summed E-state index contributed by atoms with van der Waals surface area (Å²) in [6.45, 7) is 5.54. The van der Waals surface area contributed by atoms with E-state index in [1.807, 2.05) is 6.92 Å². The summed E-state index contributed by atoms with van der Waals surface area (Å²) in [5.74, 6) is -1.09. The summed E-state index contributed by atoms with van der Waals surface area (Å²) in [4.78, 5) is 25.2. The average molecular weight is 325 g/mol. The van der Waals surface area contributed by atoms with E-state index in [1.54, 1.807) is 6.08 Å². The number of nitrogens with zero attached hydrogens (tertiary/aromatic N) is 1. The van der Waals surface area contributed by atoms with Gasteiger partial charge in [0.25, 0.3) is 0 Å². The number of carboxylic acid groups (broad SMARTS) is 1. The van der Waals surface area contributed by atoms with E-state index >= 15 is 0 Å². The van der Waals surface area contributed by atoms with Crippen LogP contribution in [0.2, 0.25) is 0 Å². The second-order valence-corrected chi connectivity index (χ2v) is 6.28. The number of hydrogen-bond acceptors (Lipinski definition) is 5. The van der Waals surface area contributed by atoms with Crippen LogP contribution in [0.25, 0.3) is 0 Å². The first-order valence-corrected chi connectivity index (χ1v) is 8.24. The fourth-order valence-electron chi connectivity index (χ4n) is 3.58. The van der Waals surface area contributed by atoms with Crippen molar-refractivity contribution < 1.29 is 19.4 Å². The minimum Gasteiger partial charge on any atom is -0.478 e. The van der Waals surface area contributed by atoms with Crippen molar-refractivity contribution in [2.24, 2.45) is 5.73 Å². The monoisotopic (exact) mass is 325 g/mol. The normalized spacial score (nSPS) is 31.7. The topological polar surface area (TPSA) is 105 Å². The summed E-state index contributed by atoms with van der Waals surface area (Å²) in [7, 11) is 0. The molecule has 1 amide bonds. The van der Waals surface area contributed by atoms with Crippen LogP contribution in [0.5, 0.6) is 0 Å². The van der Waals surface area contributed by atoms with Crippen LogP contribution in [0.3, 0.4) is 0 Å².